The molecule has 7 rings (SSSR count). The van der Waals surface area contributed by atoms with E-state index in [0.717, 1.165) is 17.1 Å². The van der Waals surface area contributed by atoms with Crippen molar-refractivity contribution in [3.63, 3.8) is 0 Å². The lowest BCUT2D eigenvalue weighted by Crippen LogP contribution is -2.16. The first-order valence-corrected chi connectivity index (χ1v) is 11.2. The molecule has 0 atom stereocenters. The molecular weight excluding hydrogens is 388 g/mol. The van der Waals surface area contributed by atoms with Crippen LogP contribution >= 0.6 is 0 Å². The molecule has 0 unspecified atom stereocenters. The third-order valence-electron chi connectivity index (χ3n) is 7.23. The molecule has 32 heavy (non-hydrogen) atoms. The van der Waals surface area contributed by atoms with Crippen LogP contribution in [0.1, 0.15) is 25.0 Å². The van der Waals surface area contributed by atoms with Crippen LogP contribution in [0.15, 0.2) is 97.1 Å². The van der Waals surface area contributed by atoms with Gasteiger partial charge in [-0.05, 0) is 62.5 Å². The van der Waals surface area contributed by atoms with Crippen LogP contribution in [-0.4, -0.2) is 0 Å². The highest BCUT2D eigenvalue weighted by Crippen LogP contribution is 2.53. The number of ether oxygens (including phenoxy) is 1. The number of para-hydroxylation sites is 1. The summed E-state index contributed by atoms with van der Waals surface area (Å²) in [6.45, 7) is 4.69. The van der Waals surface area contributed by atoms with Crippen molar-refractivity contribution in [1.82, 2.24) is 0 Å². The summed E-state index contributed by atoms with van der Waals surface area (Å²) in [5.41, 5.74) is 10.4. The van der Waals surface area contributed by atoms with Gasteiger partial charge in [0.1, 0.15) is 11.5 Å². The molecule has 1 heterocycles. The zero-order valence-corrected chi connectivity index (χ0v) is 18.1. The normalized spacial score (nSPS) is 14.4. The van der Waals surface area contributed by atoms with Gasteiger partial charge >= 0.3 is 0 Å². The molecule has 0 saturated carbocycles. The van der Waals surface area contributed by atoms with Gasteiger partial charge in [0.2, 0.25) is 0 Å². The Morgan fingerprint density at radius 3 is 2.16 bits per heavy atom. The SMILES string of the molecule is CC1(C)c2ccccc2-c2cccc(-c3cc4c5c(cccc5c3)-c3ccccc3O4)c21. The summed E-state index contributed by atoms with van der Waals surface area (Å²) in [5.74, 6) is 1.87. The van der Waals surface area contributed by atoms with Gasteiger partial charge in [-0.2, -0.15) is 0 Å². The second-order valence-corrected chi connectivity index (χ2v) is 9.38. The van der Waals surface area contributed by atoms with Gasteiger partial charge < -0.3 is 4.74 Å². The monoisotopic (exact) mass is 410 g/mol. The van der Waals surface area contributed by atoms with Gasteiger partial charge in [-0.15, -0.1) is 0 Å². The molecule has 0 spiro atoms. The number of hydrogen-bond acceptors (Lipinski definition) is 1. The van der Waals surface area contributed by atoms with Crippen LogP contribution in [0.3, 0.4) is 0 Å². The minimum Gasteiger partial charge on any atom is -0.456 e. The van der Waals surface area contributed by atoms with E-state index in [2.05, 4.69) is 105 Å². The summed E-state index contributed by atoms with van der Waals surface area (Å²) < 4.78 is 6.44. The summed E-state index contributed by atoms with van der Waals surface area (Å²) in [4.78, 5) is 0. The topological polar surface area (TPSA) is 9.23 Å². The van der Waals surface area contributed by atoms with E-state index in [9.17, 15) is 0 Å². The van der Waals surface area contributed by atoms with Gasteiger partial charge in [0.05, 0.1) is 0 Å². The molecule has 0 radical (unpaired) electrons. The maximum absolute atomic E-state index is 6.44. The number of benzene rings is 5. The Morgan fingerprint density at radius 1 is 0.562 bits per heavy atom. The molecule has 152 valence electrons. The van der Waals surface area contributed by atoms with Gasteiger partial charge in [-0.25, -0.2) is 0 Å². The Hall–Kier alpha value is -3.84. The summed E-state index contributed by atoms with van der Waals surface area (Å²) in [6, 6.07) is 35.0. The van der Waals surface area contributed by atoms with Crippen LogP contribution in [0.25, 0.3) is 44.2 Å². The van der Waals surface area contributed by atoms with Gasteiger partial charge in [0.25, 0.3) is 0 Å². The fourth-order valence-electron chi connectivity index (χ4n) is 5.83. The fraction of sp³-hybridized carbons (Fsp3) is 0.0968. The van der Waals surface area contributed by atoms with Gasteiger partial charge in [0.15, 0.2) is 0 Å². The maximum atomic E-state index is 6.44. The first kappa shape index (κ1) is 17.8. The van der Waals surface area contributed by atoms with Crippen molar-refractivity contribution in [1.29, 1.82) is 0 Å². The standard InChI is InChI=1S/C31H22O/c1-31(2)26-15-5-3-10-22(26)25-14-8-12-21(30(25)31)20-17-19-9-7-13-24-23-11-4-6-16-27(23)32-28(18-20)29(19)24/h3-18H,1-2H3. The molecule has 5 aromatic carbocycles. The zero-order chi connectivity index (χ0) is 21.4. The third-order valence-corrected chi connectivity index (χ3v) is 7.23. The van der Waals surface area contributed by atoms with Crippen LogP contribution in [0, 0.1) is 0 Å². The van der Waals surface area contributed by atoms with E-state index in [1.54, 1.807) is 0 Å². The van der Waals surface area contributed by atoms with Crippen molar-refractivity contribution in [3.8, 4) is 44.9 Å². The van der Waals surface area contributed by atoms with Gasteiger partial charge in [0, 0.05) is 16.4 Å². The number of rotatable bonds is 1. The van der Waals surface area contributed by atoms with Crippen LogP contribution in [-0.2, 0) is 5.41 Å². The Kier molecular flexibility index (Phi) is 3.40. The van der Waals surface area contributed by atoms with Crippen molar-refractivity contribution in [2.45, 2.75) is 19.3 Å². The van der Waals surface area contributed by atoms with Crippen molar-refractivity contribution in [2.75, 3.05) is 0 Å². The van der Waals surface area contributed by atoms with E-state index in [1.807, 2.05) is 6.07 Å². The van der Waals surface area contributed by atoms with E-state index in [-0.39, 0.29) is 5.41 Å². The van der Waals surface area contributed by atoms with Crippen molar-refractivity contribution in [2.24, 2.45) is 0 Å². The fourth-order valence-corrected chi connectivity index (χ4v) is 5.83. The second-order valence-electron chi connectivity index (χ2n) is 9.38. The van der Waals surface area contributed by atoms with Gasteiger partial charge in [-0.3, -0.25) is 0 Å². The average Bonchev–Trinajstić information content (AvgIpc) is 3.06. The lowest BCUT2D eigenvalue weighted by Gasteiger charge is -2.26. The molecule has 5 aromatic rings. The molecular formula is C31H22O. The van der Waals surface area contributed by atoms with Crippen LogP contribution in [0.2, 0.25) is 0 Å². The Bertz CT molecular complexity index is 1570. The van der Waals surface area contributed by atoms with Crippen molar-refractivity contribution >= 4 is 10.8 Å². The van der Waals surface area contributed by atoms with Crippen LogP contribution < -0.4 is 4.74 Å². The van der Waals surface area contributed by atoms with E-state index in [0.29, 0.717) is 0 Å². The van der Waals surface area contributed by atoms with E-state index >= 15 is 0 Å². The van der Waals surface area contributed by atoms with Crippen molar-refractivity contribution in [3.05, 3.63) is 108 Å². The molecule has 0 fully saturated rings. The average molecular weight is 411 g/mol. The molecule has 0 N–H and O–H groups in total. The van der Waals surface area contributed by atoms with E-state index < -0.39 is 0 Å². The highest BCUT2D eigenvalue weighted by molar-refractivity contribution is 6.06. The Labute approximate surface area is 187 Å². The van der Waals surface area contributed by atoms with Gasteiger partial charge in [-0.1, -0.05) is 92.7 Å². The molecule has 0 bridgehead atoms. The summed E-state index contributed by atoms with van der Waals surface area (Å²) in [6.07, 6.45) is 0. The van der Waals surface area contributed by atoms with E-state index in [1.165, 1.54) is 49.7 Å². The Morgan fingerprint density at radius 2 is 1.25 bits per heavy atom. The van der Waals surface area contributed by atoms with E-state index in [4.69, 9.17) is 4.74 Å². The molecule has 0 aromatic heterocycles. The quantitative estimate of drug-likeness (QED) is 0.264. The Balaban J connectivity index is 1.51. The highest BCUT2D eigenvalue weighted by Gasteiger charge is 2.37. The molecule has 2 aliphatic rings. The first-order chi connectivity index (χ1) is 15.6. The first-order valence-electron chi connectivity index (χ1n) is 11.2. The molecule has 1 aliphatic carbocycles. The smallest absolute Gasteiger partial charge is 0.136 e. The van der Waals surface area contributed by atoms with Crippen LogP contribution in [0.4, 0.5) is 0 Å². The zero-order valence-electron chi connectivity index (χ0n) is 18.1. The lowest BCUT2D eigenvalue weighted by atomic mass is 9.78. The molecule has 1 aliphatic heterocycles. The summed E-state index contributed by atoms with van der Waals surface area (Å²) >= 11 is 0. The molecule has 1 nitrogen and oxygen atoms in total. The number of hydrogen-bond donors (Lipinski definition) is 0. The maximum Gasteiger partial charge on any atom is 0.136 e. The number of fused-ring (bicyclic) bond motifs is 5. The molecule has 0 saturated heterocycles. The molecule has 0 amide bonds. The lowest BCUT2D eigenvalue weighted by molar-refractivity contribution is 0.487. The highest BCUT2D eigenvalue weighted by atomic mass is 16.5. The predicted molar refractivity (Wildman–Crippen MR) is 132 cm³/mol. The summed E-state index contributed by atoms with van der Waals surface area (Å²) in [5, 5.41) is 2.42. The molecule has 1 heteroatoms. The minimum atomic E-state index is -0.0516. The predicted octanol–water partition coefficient (Wildman–Crippen LogP) is 8.59. The minimum absolute atomic E-state index is 0.0516. The second kappa shape index (κ2) is 6.11. The summed E-state index contributed by atoms with van der Waals surface area (Å²) in [7, 11) is 0. The van der Waals surface area contributed by atoms with Crippen molar-refractivity contribution < 1.29 is 4.74 Å². The largest absolute Gasteiger partial charge is 0.456 e. The van der Waals surface area contributed by atoms with Crippen LogP contribution in [0.5, 0.6) is 11.5 Å². The third kappa shape index (κ3) is 2.23.